The first-order chi connectivity index (χ1) is 26.0. The van der Waals surface area contributed by atoms with Crippen LogP contribution < -0.4 is 10.6 Å². The highest BCUT2D eigenvalue weighted by Crippen LogP contribution is 2.42. The second-order valence-corrected chi connectivity index (χ2v) is 14.6. The van der Waals surface area contributed by atoms with E-state index in [1.54, 1.807) is 18.2 Å². The summed E-state index contributed by atoms with van der Waals surface area (Å²) < 4.78 is 23.8. The number of carbonyl (C=O) groups is 3. The lowest BCUT2D eigenvalue weighted by Crippen LogP contribution is -2.64. The monoisotopic (exact) mass is 757 g/mol. The molecule has 2 aliphatic heterocycles. The summed E-state index contributed by atoms with van der Waals surface area (Å²) in [5.41, 5.74) is 0.976. The van der Waals surface area contributed by atoms with Crippen LogP contribution >= 0.6 is 0 Å². The minimum Gasteiger partial charge on any atom is -0.445 e. The van der Waals surface area contributed by atoms with Crippen molar-refractivity contribution >= 4 is 18.1 Å². The van der Waals surface area contributed by atoms with Crippen LogP contribution in [0.4, 0.5) is 9.59 Å². The van der Waals surface area contributed by atoms with E-state index in [-0.39, 0.29) is 55.7 Å². The van der Waals surface area contributed by atoms with Crippen molar-refractivity contribution in [3.8, 4) is 0 Å². The van der Waals surface area contributed by atoms with Crippen molar-refractivity contribution in [3.63, 3.8) is 0 Å². The molecule has 6 N–H and O–H groups in total. The molecule has 15 heteroatoms. The van der Waals surface area contributed by atoms with Crippen LogP contribution in [0.3, 0.4) is 0 Å². The third-order valence-electron chi connectivity index (χ3n) is 10.6. The van der Waals surface area contributed by atoms with Crippen LogP contribution in [0.2, 0.25) is 0 Å². The Balaban J connectivity index is 1.34. The summed E-state index contributed by atoms with van der Waals surface area (Å²) in [5, 5.41) is 49.3. The molecule has 0 spiro atoms. The molecule has 5 rings (SSSR count). The normalized spacial score (nSPS) is 32.6. The summed E-state index contributed by atoms with van der Waals surface area (Å²) >= 11 is 0. The standard InChI is InChI=1S/C39H55N3O12/c1-4-27-16-15-23(2)34(51-27)32-24(3)19-28(35(33(32)46)53-37-30(45)20-29(44)31(21-43)52-37)41-38(48)42(54-36(47)26-13-9-6-10-14-26)18-17-40-39(49)50-22-25-11-7-5-8-12-25/h5-14,23-24,27-35,37,43-46H,4,15-22H2,1-3H3,(H,40,49)(H,41,48). The number of hydrogen-bond acceptors (Lipinski definition) is 12. The van der Waals surface area contributed by atoms with Gasteiger partial charge in [-0.25, -0.2) is 14.4 Å². The smallest absolute Gasteiger partial charge is 0.407 e. The highest BCUT2D eigenvalue weighted by atomic mass is 16.7. The van der Waals surface area contributed by atoms with Crippen LogP contribution in [0.1, 0.15) is 68.8 Å². The first-order valence-corrected chi connectivity index (χ1v) is 18.9. The Hall–Kier alpha value is -3.83. The third-order valence-corrected chi connectivity index (χ3v) is 10.6. The van der Waals surface area contributed by atoms with E-state index < -0.39 is 73.5 Å². The maximum atomic E-state index is 14.0. The van der Waals surface area contributed by atoms with Crippen LogP contribution in [0.5, 0.6) is 0 Å². The number of amides is 3. The van der Waals surface area contributed by atoms with Gasteiger partial charge in [0.15, 0.2) is 6.29 Å². The molecule has 0 radical (unpaired) electrons. The highest BCUT2D eigenvalue weighted by Gasteiger charge is 2.51. The van der Waals surface area contributed by atoms with Gasteiger partial charge in [-0.05, 0) is 55.2 Å². The Kier molecular flexibility index (Phi) is 15.1. The van der Waals surface area contributed by atoms with Crippen LogP contribution in [0, 0.1) is 17.8 Å². The predicted octanol–water partition coefficient (Wildman–Crippen LogP) is 2.89. The van der Waals surface area contributed by atoms with Crippen molar-refractivity contribution in [1.82, 2.24) is 15.7 Å². The van der Waals surface area contributed by atoms with E-state index in [0.717, 1.165) is 29.9 Å². The van der Waals surface area contributed by atoms with Gasteiger partial charge in [-0.2, -0.15) is 5.06 Å². The molecular formula is C39H55N3O12. The van der Waals surface area contributed by atoms with E-state index in [9.17, 15) is 34.8 Å². The molecule has 0 aromatic heterocycles. The Labute approximate surface area is 315 Å². The van der Waals surface area contributed by atoms with Gasteiger partial charge >= 0.3 is 18.1 Å². The molecule has 298 valence electrons. The molecule has 2 aromatic carbocycles. The van der Waals surface area contributed by atoms with Gasteiger partial charge in [0.1, 0.15) is 24.9 Å². The number of benzene rings is 2. The molecule has 2 aromatic rings. The second-order valence-electron chi connectivity index (χ2n) is 14.6. The van der Waals surface area contributed by atoms with E-state index in [0.29, 0.717) is 6.42 Å². The van der Waals surface area contributed by atoms with Gasteiger partial charge in [0.25, 0.3) is 0 Å². The van der Waals surface area contributed by atoms with Crippen molar-refractivity contribution in [2.24, 2.45) is 17.8 Å². The second kappa shape index (κ2) is 19.7. The Morgan fingerprint density at radius 1 is 0.907 bits per heavy atom. The molecule has 3 aliphatic rings. The maximum absolute atomic E-state index is 14.0. The number of rotatable bonds is 12. The summed E-state index contributed by atoms with van der Waals surface area (Å²) in [6.45, 7) is 5.22. The van der Waals surface area contributed by atoms with Crippen LogP contribution in [0.15, 0.2) is 60.7 Å². The highest BCUT2D eigenvalue weighted by molar-refractivity contribution is 5.90. The van der Waals surface area contributed by atoms with Crippen molar-refractivity contribution in [3.05, 3.63) is 71.8 Å². The van der Waals surface area contributed by atoms with E-state index >= 15 is 0 Å². The van der Waals surface area contributed by atoms with E-state index in [1.807, 2.05) is 37.3 Å². The Morgan fingerprint density at radius 3 is 2.30 bits per heavy atom. The quantitative estimate of drug-likeness (QED) is 0.173. The zero-order chi connectivity index (χ0) is 38.8. The van der Waals surface area contributed by atoms with E-state index in [4.69, 9.17) is 23.8 Å². The molecule has 2 saturated heterocycles. The minimum absolute atomic E-state index is 0.0334. The summed E-state index contributed by atoms with van der Waals surface area (Å²) in [7, 11) is 0. The van der Waals surface area contributed by atoms with Crippen molar-refractivity contribution in [1.29, 1.82) is 0 Å². The average Bonchev–Trinajstić information content (AvgIpc) is 3.17. The molecule has 15 nitrogen and oxygen atoms in total. The first kappa shape index (κ1) is 41.3. The molecule has 3 amide bonds. The Bertz CT molecular complexity index is 1490. The van der Waals surface area contributed by atoms with Crippen LogP contribution in [0.25, 0.3) is 0 Å². The number of nitrogens with one attached hydrogen (secondary N) is 2. The van der Waals surface area contributed by atoms with Gasteiger partial charge in [0.2, 0.25) is 0 Å². The molecule has 1 saturated carbocycles. The topological polar surface area (TPSA) is 206 Å². The van der Waals surface area contributed by atoms with Gasteiger partial charge in [0.05, 0.1) is 49.2 Å². The van der Waals surface area contributed by atoms with Gasteiger partial charge < -0.3 is 54.8 Å². The molecule has 54 heavy (non-hydrogen) atoms. The molecule has 0 bridgehead atoms. The summed E-state index contributed by atoms with van der Waals surface area (Å²) in [5.74, 6) is -1.28. The third kappa shape index (κ3) is 10.7. The molecule has 1 aliphatic carbocycles. The predicted molar refractivity (Wildman–Crippen MR) is 193 cm³/mol. The lowest BCUT2D eigenvalue weighted by atomic mass is 9.68. The molecular weight excluding hydrogens is 702 g/mol. The lowest BCUT2D eigenvalue weighted by molar-refractivity contribution is -0.304. The number of carbonyl (C=O) groups excluding carboxylic acids is 3. The van der Waals surface area contributed by atoms with Gasteiger partial charge in [-0.15, -0.1) is 0 Å². The van der Waals surface area contributed by atoms with Crippen LogP contribution in [-0.2, 0) is 30.4 Å². The zero-order valence-electron chi connectivity index (χ0n) is 31.1. The van der Waals surface area contributed by atoms with Gasteiger partial charge in [-0.1, -0.05) is 69.3 Å². The number of aliphatic hydroxyl groups is 4. The summed E-state index contributed by atoms with van der Waals surface area (Å²) in [6.07, 6.45) is -5.36. The fourth-order valence-electron chi connectivity index (χ4n) is 7.61. The largest absolute Gasteiger partial charge is 0.445 e. The van der Waals surface area contributed by atoms with Crippen molar-refractivity contribution < 1.29 is 58.6 Å². The Morgan fingerprint density at radius 2 is 1.61 bits per heavy atom. The molecule has 12 unspecified atom stereocenters. The summed E-state index contributed by atoms with van der Waals surface area (Å²) in [6, 6.07) is 15.5. The number of hydroxylamine groups is 2. The van der Waals surface area contributed by atoms with Crippen molar-refractivity contribution in [2.45, 2.75) is 115 Å². The number of ether oxygens (including phenoxy) is 4. The average molecular weight is 758 g/mol. The van der Waals surface area contributed by atoms with Gasteiger partial charge in [-0.3, -0.25) is 0 Å². The SMILES string of the molecule is CCC1CCC(C)C(C2C(C)CC(NC(=O)N(CCNC(=O)OCc3ccccc3)OC(=O)c3ccccc3)C(OC3OC(CO)C(O)CC3O)C2O)O1. The molecule has 12 atom stereocenters. The fraction of sp³-hybridized carbons (Fsp3) is 0.615. The number of aliphatic hydroxyl groups excluding tert-OH is 4. The number of urea groups is 1. The van der Waals surface area contributed by atoms with Crippen molar-refractivity contribution in [2.75, 3.05) is 19.7 Å². The molecule has 2 heterocycles. The first-order valence-electron chi connectivity index (χ1n) is 18.9. The fourth-order valence-corrected chi connectivity index (χ4v) is 7.61. The van der Waals surface area contributed by atoms with E-state index in [2.05, 4.69) is 24.5 Å². The number of alkyl carbamates (subject to hydrolysis) is 1. The minimum atomic E-state index is -1.34. The van der Waals surface area contributed by atoms with E-state index in [1.165, 1.54) is 12.1 Å². The summed E-state index contributed by atoms with van der Waals surface area (Å²) in [4.78, 5) is 45.2. The zero-order valence-corrected chi connectivity index (χ0v) is 31.1. The number of hydrogen-bond donors (Lipinski definition) is 6. The lowest BCUT2D eigenvalue weighted by Gasteiger charge is -2.51. The maximum Gasteiger partial charge on any atom is 0.407 e. The van der Waals surface area contributed by atoms with Crippen LogP contribution in [-0.4, -0.2) is 118 Å². The molecule has 3 fully saturated rings. The van der Waals surface area contributed by atoms with Gasteiger partial charge in [0, 0.05) is 18.9 Å². The number of nitrogens with zero attached hydrogens (tertiary/aromatic N) is 1.